The van der Waals surface area contributed by atoms with E-state index in [0.29, 0.717) is 27.9 Å². The van der Waals surface area contributed by atoms with E-state index in [1.54, 1.807) is 37.4 Å². The fourth-order valence-corrected chi connectivity index (χ4v) is 5.57. The largest absolute Gasteiger partial charge is 0.497 e. The lowest BCUT2D eigenvalue weighted by Gasteiger charge is -2.14. The van der Waals surface area contributed by atoms with Crippen molar-refractivity contribution in [2.24, 2.45) is 0 Å². The third kappa shape index (κ3) is 6.54. The average molecular weight is 566 g/mol. The fourth-order valence-electron chi connectivity index (χ4n) is 3.66. The monoisotopic (exact) mass is 565 g/mol. The minimum Gasteiger partial charge on any atom is -0.497 e. The van der Waals surface area contributed by atoms with Gasteiger partial charge in [-0.2, -0.15) is 0 Å². The summed E-state index contributed by atoms with van der Waals surface area (Å²) in [6.45, 7) is 1.89. The van der Waals surface area contributed by atoms with Gasteiger partial charge in [-0.3, -0.25) is 9.59 Å². The topological polar surface area (TPSA) is 155 Å². The summed E-state index contributed by atoms with van der Waals surface area (Å²) in [5.41, 5.74) is 0.304. The molecule has 4 rings (SSSR count). The van der Waals surface area contributed by atoms with E-state index in [-0.39, 0.29) is 17.0 Å². The number of thioether (sulfide) groups is 1. The van der Waals surface area contributed by atoms with Gasteiger partial charge in [-0.25, -0.2) is 14.6 Å². The number of hydrogen-bond donors (Lipinski definition) is 4. The van der Waals surface area contributed by atoms with Crippen LogP contribution in [0.25, 0.3) is 10.2 Å². The third-order valence-electron chi connectivity index (χ3n) is 5.60. The standard InChI is InChI=1S/C27H23N3O7S2/c1-3-21(24(32)30-27-29-20-10-8-16(37-2)13-22(20)39-27)38-17-6-4-5-15(12-17)28-23(31)18-9-7-14(25(33)34)11-19(18)26(35)36/h4-13,21H,3H2,1-2H3,(H,28,31)(H,33,34)(H,35,36)(H,29,30,32). The molecule has 0 radical (unpaired) electrons. The van der Waals surface area contributed by atoms with Gasteiger partial charge in [0.1, 0.15) is 5.75 Å². The van der Waals surface area contributed by atoms with Crippen molar-refractivity contribution in [3.63, 3.8) is 0 Å². The molecule has 0 aliphatic rings. The van der Waals surface area contributed by atoms with Crippen LogP contribution in [0.15, 0.2) is 65.6 Å². The maximum Gasteiger partial charge on any atom is 0.336 e. The van der Waals surface area contributed by atoms with Gasteiger partial charge in [0.25, 0.3) is 5.91 Å². The highest BCUT2D eigenvalue weighted by atomic mass is 32.2. The highest BCUT2D eigenvalue weighted by molar-refractivity contribution is 8.00. The second-order valence-electron chi connectivity index (χ2n) is 8.21. The number of aromatic carboxylic acids is 2. The first kappa shape index (κ1) is 27.6. The molecule has 4 aromatic rings. The van der Waals surface area contributed by atoms with Crippen LogP contribution in [0, 0.1) is 0 Å². The molecule has 1 aromatic heterocycles. The van der Waals surface area contributed by atoms with Crippen molar-refractivity contribution >= 4 is 67.9 Å². The molecule has 0 aliphatic heterocycles. The molecule has 0 bridgehead atoms. The second kappa shape index (κ2) is 12.0. The number of anilines is 2. The van der Waals surface area contributed by atoms with E-state index < -0.39 is 28.7 Å². The highest BCUT2D eigenvalue weighted by Gasteiger charge is 2.21. The van der Waals surface area contributed by atoms with Gasteiger partial charge in [0, 0.05) is 10.6 Å². The van der Waals surface area contributed by atoms with E-state index in [0.717, 1.165) is 22.3 Å². The van der Waals surface area contributed by atoms with E-state index in [9.17, 15) is 24.3 Å². The van der Waals surface area contributed by atoms with Crippen LogP contribution < -0.4 is 15.4 Å². The number of benzene rings is 3. The average Bonchev–Trinajstić information content (AvgIpc) is 3.32. The molecule has 1 unspecified atom stereocenters. The molecule has 10 nitrogen and oxygen atoms in total. The highest BCUT2D eigenvalue weighted by Crippen LogP contribution is 2.32. The quantitative estimate of drug-likeness (QED) is 0.183. The van der Waals surface area contributed by atoms with Crippen LogP contribution >= 0.6 is 23.1 Å². The Hall–Kier alpha value is -4.42. The Balaban J connectivity index is 1.46. The fraction of sp³-hybridized carbons (Fsp3) is 0.148. The smallest absolute Gasteiger partial charge is 0.336 e. The number of nitrogens with zero attached hydrogens (tertiary/aromatic N) is 1. The van der Waals surface area contributed by atoms with Crippen LogP contribution in [0.4, 0.5) is 10.8 Å². The first-order valence-electron chi connectivity index (χ1n) is 11.6. The Labute approximate surface area is 231 Å². The molecule has 0 saturated carbocycles. The van der Waals surface area contributed by atoms with E-state index in [2.05, 4.69) is 15.6 Å². The van der Waals surface area contributed by atoms with Gasteiger partial charge in [0.15, 0.2) is 5.13 Å². The van der Waals surface area contributed by atoms with E-state index in [4.69, 9.17) is 9.84 Å². The van der Waals surface area contributed by atoms with Gasteiger partial charge in [0.05, 0.1) is 39.3 Å². The number of aromatic nitrogens is 1. The van der Waals surface area contributed by atoms with Gasteiger partial charge in [-0.1, -0.05) is 24.3 Å². The van der Waals surface area contributed by atoms with Crippen molar-refractivity contribution < 1.29 is 34.1 Å². The summed E-state index contributed by atoms with van der Waals surface area (Å²) in [6.07, 6.45) is 0.531. The Morgan fingerprint density at radius 2 is 1.77 bits per heavy atom. The summed E-state index contributed by atoms with van der Waals surface area (Å²) in [5.74, 6) is -2.94. The number of amides is 2. The summed E-state index contributed by atoms with van der Waals surface area (Å²) in [5, 5.41) is 24.1. The number of rotatable bonds is 10. The maximum atomic E-state index is 13.0. The molecule has 3 aromatic carbocycles. The number of hydrogen-bond acceptors (Lipinski definition) is 8. The summed E-state index contributed by atoms with van der Waals surface area (Å²) in [6, 6.07) is 15.6. The van der Waals surface area contributed by atoms with Crippen LogP contribution in [0.5, 0.6) is 5.75 Å². The predicted molar refractivity (Wildman–Crippen MR) is 149 cm³/mol. The number of thiazole rings is 1. The predicted octanol–water partition coefficient (Wildman–Crippen LogP) is 5.46. The number of fused-ring (bicyclic) bond motifs is 1. The number of methoxy groups -OCH3 is 1. The zero-order valence-electron chi connectivity index (χ0n) is 20.8. The maximum absolute atomic E-state index is 13.0. The van der Waals surface area contributed by atoms with Gasteiger partial charge in [-0.05, 0) is 61.0 Å². The van der Waals surface area contributed by atoms with Crippen molar-refractivity contribution in [3.8, 4) is 5.75 Å². The third-order valence-corrected chi connectivity index (χ3v) is 7.89. The molecule has 1 heterocycles. The Bertz CT molecular complexity index is 1580. The number of carboxylic acids is 2. The lowest BCUT2D eigenvalue weighted by Crippen LogP contribution is -2.24. The Kier molecular flexibility index (Phi) is 8.47. The lowest BCUT2D eigenvalue weighted by atomic mass is 10.0. The summed E-state index contributed by atoms with van der Waals surface area (Å²) in [7, 11) is 1.58. The number of nitrogens with one attached hydrogen (secondary N) is 2. The summed E-state index contributed by atoms with van der Waals surface area (Å²) < 4.78 is 6.12. The van der Waals surface area contributed by atoms with E-state index in [1.807, 2.05) is 19.1 Å². The number of carboxylic acid groups (broad SMARTS) is 2. The SMILES string of the molecule is CCC(Sc1cccc(NC(=O)c2ccc(C(=O)O)cc2C(=O)O)c1)C(=O)Nc1nc2ccc(OC)cc2s1. The second-order valence-corrected chi connectivity index (χ2v) is 10.5. The van der Waals surface area contributed by atoms with E-state index >= 15 is 0 Å². The molecule has 1 atom stereocenters. The number of carbonyl (C=O) groups is 4. The van der Waals surface area contributed by atoms with Crippen LogP contribution in [-0.4, -0.2) is 51.3 Å². The van der Waals surface area contributed by atoms with E-state index in [1.165, 1.54) is 29.2 Å². The minimum absolute atomic E-state index is 0.176. The molecule has 0 aliphatic carbocycles. The molecule has 0 spiro atoms. The summed E-state index contributed by atoms with van der Waals surface area (Å²) in [4.78, 5) is 53.8. The molecule has 39 heavy (non-hydrogen) atoms. The molecule has 2 amide bonds. The van der Waals surface area contributed by atoms with Gasteiger partial charge in [0.2, 0.25) is 5.91 Å². The Morgan fingerprint density at radius 1 is 0.974 bits per heavy atom. The van der Waals surface area contributed by atoms with Crippen LogP contribution in [0.2, 0.25) is 0 Å². The molecule has 0 saturated heterocycles. The molecule has 12 heteroatoms. The van der Waals surface area contributed by atoms with Crippen molar-refractivity contribution in [2.75, 3.05) is 17.7 Å². The van der Waals surface area contributed by atoms with Gasteiger partial charge in [-0.15, -0.1) is 11.8 Å². The Morgan fingerprint density at radius 3 is 2.46 bits per heavy atom. The molecular weight excluding hydrogens is 542 g/mol. The molecular formula is C27H23N3O7S2. The molecule has 200 valence electrons. The van der Waals surface area contributed by atoms with Crippen LogP contribution in [0.3, 0.4) is 0 Å². The van der Waals surface area contributed by atoms with Gasteiger partial charge < -0.3 is 25.6 Å². The normalized spacial score (nSPS) is 11.5. The summed E-state index contributed by atoms with van der Waals surface area (Å²) >= 11 is 2.66. The first-order valence-corrected chi connectivity index (χ1v) is 13.3. The zero-order valence-corrected chi connectivity index (χ0v) is 22.4. The van der Waals surface area contributed by atoms with Crippen molar-refractivity contribution in [3.05, 3.63) is 77.4 Å². The molecule has 4 N–H and O–H groups in total. The minimum atomic E-state index is -1.42. The lowest BCUT2D eigenvalue weighted by molar-refractivity contribution is -0.115. The number of ether oxygens (including phenoxy) is 1. The van der Waals surface area contributed by atoms with Crippen LogP contribution in [0.1, 0.15) is 44.4 Å². The van der Waals surface area contributed by atoms with Gasteiger partial charge >= 0.3 is 11.9 Å². The van der Waals surface area contributed by atoms with Crippen molar-refractivity contribution in [1.29, 1.82) is 0 Å². The first-order chi connectivity index (χ1) is 18.7. The molecule has 0 fully saturated rings. The zero-order chi connectivity index (χ0) is 28.1. The number of carbonyl (C=O) groups excluding carboxylic acids is 2. The van der Waals surface area contributed by atoms with Crippen molar-refractivity contribution in [1.82, 2.24) is 4.98 Å². The van der Waals surface area contributed by atoms with Crippen molar-refractivity contribution in [2.45, 2.75) is 23.5 Å². The van der Waals surface area contributed by atoms with Crippen LogP contribution in [-0.2, 0) is 4.79 Å².